The van der Waals surface area contributed by atoms with Gasteiger partial charge in [0.05, 0.1) is 6.42 Å². The lowest BCUT2D eigenvalue weighted by Crippen LogP contribution is -1.96. The van der Waals surface area contributed by atoms with E-state index in [1.807, 2.05) is 0 Å². The monoisotopic (exact) mass is 228 g/mol. The minimum atomic E-state index is -0.706. The third-order valence-electron chi connectivity index (χ3n) is 1.73. The Morgan fingerprint density at radius 2 is 1.93 bits per heavy atom. The van der Waals surface area contributed by atoms with Crippen molar-refractivity contribution in [2.24, 2.45) is 0 Å². The van der Waals surface area contributed by atoms with Gasteiger partial charge in [0.2, 0.25) is 0 Å². The van der Waals surface area contributed by atoms with Gasteiger partial charge in [-0.15, -0.1) is 0 Å². The van der Waals surface area contributed by atoms with Crippen molar-refractivity contribution in [2.45, 2.75) is 32.6 Å². The first-order valence-corrected chi connectivity index (χ1v) is 6.52. The zero-order valence-electron chi connectivity index (χ0n) is 9.32. The number of thioether (sulfide) groups is 1. The molecule has 0 aliphatic heterocycles. The van der Waals surface area contributed by atoms with Gasteiger partial charge in [0.1, 0.15) is 0 Å². The maximum atomic E-state index is 10.2. The molecule has 0 atom stereocenters. The Kier molecular flexibility index (Phi) is 10.8. The van der Waals surface area contributed by atoms with Crippen molar-refractivity contribution in [2.75, 3.05) is 11.5 Å². The minimum Gasteiger partial charge on any atom is -0.481 e. The molecule has 15 heavy (non-hydrogen) atoms. The van der Waals surface area contributed by atoms with E-state index in [1.165, 1.54) is 0 Å². The van der Waals surface area contributed by atoms with Crippen LogP contribution in [0.15, 0.2) is 24.3 Å². The van der Waals surface area contributed by atoms with E-state index in [0.29, 0.717) is 0 Å². The average molecular weight is 228 g/mol. The highest BCUT2D eigenvalue weighted by Crippen LogP contribution is 2.05. The van der Waals surface area contributed by atoms with Crippen molar-refractivity contribution in [3.05, 3.63) is 24.3 Å². The molecule has 1 N–H and O–H groups in total. The average Bonchev–Trinajstić information content (AvgIpc) is 2.20. The summed E-state index contributed by atoms with van der Waals surface area (Å²) in [6.45, 7) is 2.12. The molecule has 0 amide bonds. The van der Waals surface area contributed by atoms with E-state index in [9.17, 15) is 4.79 Å². The molecule has 3 heteroatoms. The van der Waals surface area contributed by atoms with Crippen LogP contribution in [0.3, 0.4) is 0 Å². The lowest BCUT2D eigenvalue weighted by atomic mass is 10.3. The quantitative estimate of drug-likeness (QED) is 0.485. The second-order valence-electron chi connectivity index (χ2n) is 3.13. The molecular formula is C12H20O2S. The van der Waals surface area contributed by atoms with Gasteiger partial charge in [-0.25, -0.2) is 0 Å². The van der Waals surface area contributed by atoms with Gasteiger partial charge in [0.15, 0.2) is 0 Å². The van der Waals surface area contributed by atoms with Crippen molar-refractivity contribution < 1.29 is 9.90 Å². The summed E-state index contributed by atoms with van der Waals surface area (Å²) in [7, 11) is 0. The zero-order valence-corrected chi connectivity index (χ0v) is 10.1. The summed E-state index contributed by atoms with van der Waals surface area (Å²) in [6, 6.07) is 0. The van der Waals surface area contributed by atoms with Crippen LogP contribution in [0.5, 0.6) is 0 Å². The first-order chi connectivity index (χ1) is 7.27. The number of hydrogen-bond donors (Lipinski definition) is 1. The standard InChI is InChI=1S/C12H20O2S/c1-2-3-4-5-6-7-8-10-15-11-9-12(13)14/h3-4,6-7H,2,5,8-11H2,1H3,(H,13,14). The SMILES string of the molecule is CCC=CCC=CCCSCCC(=O)O. The summed E-state index contributed by atoms with van der Waals surface area (Å²) in [5.74, 6) is 1.03. The zero-order chi connectivity index (χ0) is 11.4. The lowest BCUT2D eigenvalue weighted by Gasteiger charge is -1.95. The minimum absolute atomic E-state index is 0.271. The van der Waals surface area contributed by atoms with Crippen LogP contribution in [0.2, 0.25) is 0 Å². The molecule has 86 valence electrons. The largest absolute Gasteiger partial charge is 0.481 e. The molecule has 0 rings (SSSR count). The van der Waals surface area contributed by atoms with E-state index in [4.69, 9.17) is 5.11 Å². The molecule has 0 spiro atoms. The van der Waals surface area contributed by atoms with Gasteiger partial charge in [-0.05, 0) is 25.0 Å². The summed E-state index contributed by atoms with van der Waals surface area (Å²) in [5, 5.41) is 8.40. The first kappa shape index (κ1) is 14.3. The van der Waals surface area contributed by atoms with Crippen LogP contribution in [0, 0.1) is 0 Å². The summed E-state index contributed by atoms with van der Waals surface area (Å²) in [5.41, 5.74) is 0. The fourth-order valence-corrected chi connectivity index (χ4v) is 1.79. The number of rotatable bonds is 9. The van der Waals surface area contributed by atoms with E-state index in [-0.39, 0.29) is 6.42 Å². The predicted molar refractivity (Wildman–Crippen MR) is 67.4 cm³/mol. The second-order valence-corrected chi connectivity index (χ2v) is 4.36. The Bertz CT molecular complexity index is 210. The molecule has 0 unspecified atom stereocenters. The van der Waals surface area contributed by atoms with Crippen LogP contribution in [0.25, 0.3) is 0 Å². The molecule has 0 bridgehead atoms. The van der Waals surface area contributed by atoms with Gasteiger partial charge in [-0.1, -0.05) is 31.2 Å². The summed E-state index contributed by atoms with van der Waals surface area (Å²) < 4.78 is 0. The molecule has 0 fully saturated rings. The fourth-order valence-electron chi connectivity index (χ4n) is 0.968. The van der Waals surface area contributed by atoms with Crippen LogP contribution in [-0.4, -0.2) is 22.6 Å². The van der Waals surface area contributed by atoms with E-state index in [0.717, 1.165) is 30.8 Å². The predicted octanol–water partition coefficient (Wildman–Crippen LogP) is 3.50. The fraction of sp³-hybridized carbons (Fsp3) is 0.583. The van der Waals surface area contributed by atoms with Crippen molar-refractivity contribution in [1.82, 2.24) is 0 Å². The number of aliphatic carboxylic acids is 1. The Balaban J connectivity index is 3.16. The van der Waals surface area contributed by atoms with Crippen LogP contribution in [0.1, 0.15) is 32.6 Å². The molecule has 0 saturated carbocycles. The molecule has 0 saturated heterocycles. The van der Waals surface area contributed by atoms with E-state index in [1.54, 1.807) is 11.8 Å². The van der Waals surface area contributed by atoms with E-state index >= 15 is 0 Å². The summed E-state index contributed by atoms with van der Waals surface area (Å²) in [4.78, 5) is 10.2. The molecule has 0 heterocycles. The van der Waals surface area contributed by atoms with Crippen molar-refractivity contribution in [3.8, 4) is 0 Å². The Labute approximate surface area is 96.5 Å². The molecular weight excluding hydrogens is 208 g/mol. The highest BCUT2D eigenvalue weighted by atomic mass is 32.2. The second kappa shape index (κ2) is 11.4. The number of carboxylic acid groups (broad SMARTS) is 1. The number of carboxylic acids is 1. The summed E-state index contributed by atoms with van der Waals surface area (Å²) >= 11 is 1.70. The van der Waals surface area contributed by atoms with Gasteiger partial charge in [0.25, 0.3) is 0 Å². The first-order valence-electron chi connectivity index (χ1n) is 5.37. The van der Waals surface area contributed by atoms with Crippen molar-refractivity contribution in [1.29, 1.82) is 0 Å². The van der Waals surface area contributed by atoms with E-state index in [2.05, 4.69) is 31.2 Å². The van der Waals surface area contributed by atoms with Gasteiger partial charge < -0.3 is 5.11 Å². The third-order valence-corrected chi connectivity index (χ3v) is 2.75. The van der Waals surface area contributed by atoms with Gasteiger partial charge >= 0.3 is 5.97 Å². The molecule has 0 aromatic carbocycles. The molecule has 2 nitrogen and oxygen atoms in total. The third kappa shape index (κ3) is 13.3. The maximum Gasteiger partial charge on any atom is 0.304 e. The van der Waals surface area contributed by atoms with Crippen LogP contribution in [-0.2, 0) is 4.79 Å². The van der Waals surface area contributed by atoms with Gasteiger partial charge in [-0.3, -0.25) is 4.79 Å². The Morgan fingerprint density at radius 3 is 2.60 bits per heavy atom. The molecule has 0 aliphatic carbocycles. The topological polar surface area (TPSA) is 37.3 Å². The van der Waals surface area contributed by atoms with Gasteiger partial charge in [0, 0.05) is 5.75 Å². The number of hydrogen-bond acceptors (Lipinski definition) is 2. The number of carbonyl (C=O) groups is 1. The number of allylic oxidation sites excluding steroid dienone is 4. The van der Waals surface area contributed by atoms with Gasteiger partial charge in [-0.2, -0.15) is 11.8 Å². The smallest absolute Gasteiger partial charge is 0.304 e. The molecule has 0 aromatic rings. The van der Waals surface area contributed by atoms with Crippen LogP contribution in [0.4, 0.5) is 0 Å². The highest BCUT2D eigenvalue weighted by molar-refractivity contribution is 7.99. The lowest BCUT2D eigenvalue weighted by molar-refractivity contribution is -0.136. The molecule has 0 aliphatic rings. The van der Waals surface area contributed by atoms with E-state index < -0.39 is 5.97 Å². The normalized spacial score (nSPS) is 11.5. The Morgan fingerprint density at radius 1 is 1.20 bits per heavy atom. The maximum absolute atomic E-state index is 10.2. The van der Waals surface area contributed by atoms with Crippen molar-refractivity contribution >= 4 is 17.7 Å². The summed E-state index contributed by atoms with van der Waals surface area (Å²) in [6.07, 6.45) is 12.0. The van der Waals surface area contributed by atoms with Crippen LogP contribution >= 0.6 is 11.8 Å². The highest BCUT2D eigenvalue weighted by Gasteiger charge is 1.94. The van der Waals surface area contributed by atoms with Crippen LogP contribution < -0.4 is 0 Å². The molecule has 0 aromatic heterocycles. The molecule has 0 radical (unpaired) electrons. The van der Waals surface area contributed by atoms with Crippen molar-refractivity contribution in [3.63, 3.8) is 0 Å². The Hall–Kier alpha value is -0.700.